The third-order valence-electron chi connectivity index (χ3n) is 3.27. The van der Waals surface area contributed by atoms with E-state index >= 15 is 0 Å². The van der Waals surface area contributed by atoms with Crippen molar-refractivity contribution in [3.8, 4) is 0 Å². The normalized spacial score (nSPS) is 12.0. The minimum atomic E-state index is -1.14. The van der Waals surface area contributed by atoms with Crippen molar-refractivity contribution in [2.45, 2.75) is 13.0 Å². The van der Waals surface area contributed by atoms with Crippen LogP contribution >= 0.6 is 0 Å². The van der Waals surface area contributed by atoms with Crippen LogP contribution in [0.4, 0.5) is 14.5 Å². The minimum Gasteiger partial charge on any atom is -0.322 e. The van der Waals surface area contributed by atoms with Gasteiger partial charge in [-0.15, -0.1) is 0 Å². The zero-order valence-corrected chi connectivity index (χ0v) is 11.8. The van der Waals surface area contributed by atoms with Gasteiger partial charge in [-0.2, -0.15) is 0 Å². The molecule has 2 aromatic rings. The molecule has 2 N–H and O–H groups in total. The van der Waals surface area contributed by atoms with E-state index in [1.807, 2.05) is 20.0 Å². The zero-order chi connectivity index (χ0) is 15.4. The summed E-state index contributed by atoms with van der Waals surface area (Å²) in [6.07, 6.45) is 0. The molecule has 110 valence electrons. The average Bonchev–Trinajstić information content (AvgIpc) is 2.49. The Morgan fingerprint density at radius 3 is 2.57 bits per heavy atom. The van der Waals surface area contributed by atoms with Crippen molar-refractivity contribution in [1.29, 1.82) is 0 Å². The molecule has 1 unspecified atom stereocenters. The van der Waals surface area contributed by atoms with Crippen LogP contribution < -0.4 is 10.6 Å². The number of rotatable bonds is 4. The molecule has 1 atom stereocenters. The highest BCUT2D eigenvalue weighted by Gasteiger charge is 2.15. The monoisotopic (exact) mass is 290 g/mol. The molecular weight excluding hydrogens is 274 g/mol. The quantitative estimate of drug-likeness (QED) is 0.905. The van der Waals surface area contributed by atoms with Gasteiger partial charge in [-0.3, -0.25) is 4.79 Å². The summed E-state index contributed by atoms with van der Waals surface area (Å²) in [5.74, 6) is -2.86. The maximum atomic E-state index is 13.6. The maximum Gasteiger partial charge on any atom is 0.258 e. The molecule has 0 fully saturated rings. The third kappa shape index (κ3) is 3.44. The van der Waals surface area contributed by atoms with Gasteiger partial charge in [-0.25, -0.2) is 8.78 Å². The number of hydrogen-bond donors (Lipinski definition) is 2. The van der Waals surface area contributed by atoms with Crippen molar-refractivity contribution in [2.24, 2.45) is 0 Å². The maximum absolute atomic E-state index is 13.6. The fraction of sp³-hybridized carbons (Fsp3) is 0.188. The highest BCUT2D eigenvalue weighted by Crippen LogP contribution is 2.19. The average molecular weight is 290 g/mol. The Bertz CT molecular complexity index is 658. The molecule has 0 aromatic heterocycles. The Kier molecular flexibility index (Phi) is 4.65. The fourth-order valence-corrected chi connectivity index (χ4v) is 1.93. The number of amides is 1. The number of carbonyl (C=O) groups excluding carboxylic acids is 1. The first-order chi connectivity index (χ1) is 10.0. The second-order valence-electron chi connectivity index (χ2n) is 4.69. The molecule has 21 heavy (non-hydrogen) atoms. The Labute approximate surface area is 122 Å². The first-order valence-corrected chi connectivity index (χ1v) is 6.55. The van der Waals surface area contributed by atoms with Crippen molar-refractivity contribution in [1.82, 2.24) is 5.32 Å². The van der Waals surface area contributed by atoms with Crippen molar-refractivity contribution in [3.05, 3.63) is 65.2 Å². The highest BCUT2D eigenvalue weighted by atomic mass is 19.2. The third-order valence-corrected chi connectivity index (χ3v) is 3.27. The van der Waals surface area contributed by atoms with Crippen molar-refractivity contribution in [2.75, 3.05) is 12.4 Å². The van der Waals surface area contributed by atoms with Crippen LogP contribution in [0.25, 0.3) is 0 Å². The first kappa shape index (κ1) is 15.1. The first-order valence-electron chi connectivity index (χ1n) is 6.55. The minimum absolute atomic E-state index is 0.118. The lowest BCUT2D eigenvalue weighted by Gasteiger charge is -2.13. The lowest BCUT2D eigenvalue weighted by molar-refractivity contribution is 0.102. The molecule has 0 aliphatic heterocycles. The standard InChI is InChI=1S/C16H16F2N2O/c1-10(19-2)11-5-3-6-12(9-11)20-16(21)13-7-4-8-14(17)15(13)18/h3-10,19H,1-2H3,(H,20,21). The summed E-state index contributed by atoms with van der Waals surface area (Å²) in [7, 11) is 1.83. The van der Waals surface area contributed by atoms with Gasteiger partial charge in [0.2, 0.25) is 0 Å². The van der Waals surface area contributed by atoms with Crippen LogP contribution in [0.1, 0.15) is 28.9 Å². The van der Waals surface area contributed by atoms with E-state index < -0.39 is 17.5 Å². The van der Waals surface area contributed by atoms with Gasteiger partial charge in [0.1, 0.15) is 0 Å². The van der Waals surface area contributed by atoms with Gasteiger partial charge >= 0.3 is 0 Å². The highest BCUT2D eigenvalue weighted by molar-refractivity contribution is 6.04. The van der Waals surface area contributed by atoms with E-state index in [-0.39, 0.29) is 11.6 Å². The number of halogens is 2. The summed E-state index contributed by atoms with van der Waals surface area (Å²) in [5, 5.41) is 5.66. The number of hydrogen-bond acceptors (Lipinski definition) is 2. The van der Waals surface area contributed by atoms with E-state index in [0.29, 0.717) is 5.69 Å². The predicted molar refractivity (Wildman–Crippen MR) is 78.2 cm³/mol. The van der Waals surface area contributed by atoms with Gasteiger partial charge in [0, 0.05) is 11.7 Å². The Hall–Kier alpha value is -2.27. The molecule has 2 aromatic carbocycles. The topological polar surface area (TPSA) is 41.1 Å². The largest absolute Gasteiger partial charge is 0.322 e. The summed E-state index contributed by atoms with van der Waals surface area (Å²) in [6, 6.07) is 10.8. The Morgan fingerprint density at radius 1 is 1.14 bits per heavy atom. The summed E-state index contributed by atoms with van der Waals surface area (Å²) in [4.78, 5) is 12.0. The molecule has 0 aliphatic rings. The SMILES string of the molecule is CNC(C)c1cccc(NC(=O)c2cccc(F)c2F)c1. The molecule has 0 bridgehead atoms. The van der Waals surface area contributed by atoms with E-state index in [1.54, 1.807) is 18.2 Å². The fourth-order valence-electron chi connectivity index (χ4n) is 1.93. The second-order valence-corrected chi connectivity index (χ2v) is 4.69. The van der Waals surface area contributed by atoms with E-state index in [1.165, 1.54) is 12.1 Å². The predicted octanol–water partition coefficient (Wildman–Crippen LogP) is 3.50. The second kappa shape index (κ2) is 6.45. The van der Waals surface area contributed by atoms with Crippen LogP contribution in [0.2, 0.25) is 0 Å². The molecule has 0 saturated heterocycles. The molecule has 5 heteroatoms. The zero-order valence-electron chi connectivity index (χ0n) is 11.8. The van der Waals surface area contributed by atoms with Crippen molar-refractivity contribution in [3.63, 3.8) is 0 Å². The molecule has 0 saturated carbocycles. The Morgan fingerprint density at radius 2 is 1.86 bits per heavy atom. The molecule has 3 nitrogen and oxygen atoms in total. The van der Waals surface area contributed by atoms with Crippen LogP contribution in [0.5, 0.6) is 0 Å². The lowest BCUT2D eigenvalue weighted by atomic mass is 10.1. The summed E-state index contributed by atoms with van der Waals surface area (Å²) in [5.41, 5.74) is 1.19. The molecule has 0 spiro atoms. The van der Waals surface area contributed by atoms with Crippen LogP contribution in [0, 0.1) is 11.6 Å². The smallest absolute Gasteiger partial charge is 0.258 e. The van der Waals surface area contributed by atoms with E-state index in [4.69, 9.17) is 0 Å². The van der Waals surface area contributed by atoms with Crippen LogP contribution in [0.3, 0.4) is 0 Å². The molecule has 2 rings (SSSR count). The number of nitrogens with one attached hydrogen (secondary N) is 2. The Balaban J connectivity index is 2.22. The lowest BCUT2D eigenvalue weighted by Crippen LogP contribution is -2.16. The number of carbonyl (C=O) groups is 1. The summed E-state index contributed by atoms with van der Waals surface area (Å²) >= 11 is 0. The molecular formula is C16H16F2N2O. The number of benzene rings is 2. The van der Waals surface area contributed by atoms with Gasteiger partial charge in [-0.05, 0) is 43.8 Å². The molecule has 0 heterocycles. The van der Waals surface area contributed by atoms with Gasteiger partial charge in [-0.1, -0.05) is 18.2 Å². The summed E-state index contributed by atoms with van der Waals surface area (Å²) in [6.45, 7) is 1.98. The van der Waals surface area contributed by atoms with Gasteiger partial charge in [0.25, 0.3) is 5.91 Å². The van der Waals surface area contributed by atoms with Crippen LogP contribution in [-0.4, -0.2) is 13.0 Å². The van der Waals surface area contributed by atoms with Crippen LogP contribution in [-0.2, 0) is 0 Å². The molecule has 0 aliphatic carbocycles. The number of anilines is 1. The van der Waals surface area contributed by atoms with Crippen LogP contribution in [0.15, 0.2) is 42.5 Å². The van der Waals surface area contributed by atoms with Crippen molar-refractivity contribution < 1.29 is 13.6 Å². The molecule has 0 radical (unpaired) electrons. The van der Waals surface area contributed by atoms with E-state index in [0.717, 1.165) is 11.6 Å². The van der Waals surface area contributed by atoms with Gasteiger partial charge in [0.15, 0.2) is 11.6 Å². The van der Waals surface area contributed by atoms with Gasteiger partial charge in [0.05, 0.1) is 5.56 Å². The summed E-state index contributed by atoms with van der Waals surface area (Å²) < 4.78 is 26.7. The van der Waals surface area contributed by atoms with E-state index in [9.17, 15) is 13.6 Å². The van der Waals surface area contributed by atoms with Crippen molar-refractivity contribution >= 4 is 11.6 Å². The van der Waals surface area contributed by atoms with E-state index in [2.05, 4.69) is 10.6 Å². The molecule has 1 amide bonds. The van der Waals surface area contributed by atoms with Gasteiger partial charge < -0.3 is 10.6 Å².